The summed E-state index contributed by atoms with van der Waals surface area (Å²) in [5, 5.41) is 12.4. The van der Waals surface area contributed by atoms with Crippen molar-refractivity contribution in [3.8, 4) is 5.75 Å². The summed E-state index contributed by atoms with van der Waals surface area (Å²) in [4.78, 5) is 0. The van der Waals surface area contributed by atoms with Crippen molar-refractivity contribution < 1.29 is 4.74 Å². The lowest BCUT2D eigenvalue weighted by Crippen LogP contribution is -2.02. The molecule has 4 rings (SSSR count). The van der Waals surface area contributed by atoms with Crippen LogP contribution < -0.4 is 4.74 Å². The van der Waals surface area contributed by atoms with E-state index >= 15 is 0 Å². The average Bonchev–Trinajstić information content (AvgIpc) is 3.34. The molecule has 0 unspecified atom stereocenters. The molecule has 0 atom stereocenters. The summed E-state index contributed by atoms with van der Waals surface area (Å²) >= 11 is 5.79. The molecule has 5 nitrogen and oxygen atoms in total. The minimum Gasteiger partial charge on any atom is -0.487 e. The Balaban J connectivity index is 1.35. The molecule has 122 valence electrons. The van der Waals surface area contributed by atoms with Crippen LogP contribution in [0, 0.1) is 0 Å². The maximum absolute atomic E-state index is 5.79. The molecule has 0 aliphatic heterocycles. The summed E-state index contributed by atoms with van der Waals surface area (Å²) in [6.07, 6.45) is 6.17. The molecule has 2 aromatic heterocycles. The highest BCUT2D eigenvalue weighted by Gasteiger charge is 2.25. The fourth-order valence-electron chi connectivity index (χ4n) is 2.56. The molecule has 0 spiro atoms. The predicted octanol–water partition coefficient (Wildman–Crippen LogP) is 3.83. The standard InChI is InChI=1S/C18H17ClN4O/c19-18-9-16(10-20-21-18)24-12-14-3-1-13(2-4-14)11-23-8-7-17(22-23)15-5-6-15/h1-4,7-10,15H,5-6,11-12H2. The second-order valence-electron chi connectivity index (χ2n) is 6.03. The zero-order valence-corrected chi connectivity index (χ0v) is 13.9. The minimum absolute atomic E-state index is 0.327. The number of aromatic nitrogens is 4. The van der Waals surface area contributed by atoms with Gasteiger partial charge in [-0.15, -0.1) is 5.10 Å². The van der Waals surface area contributed by atoms with Gasteiger partial charge in [0, 0.05) is 18.2 Å². The monoisotopic (exact) mass is 340 g/mol. The largest absolute Gasteiger partial charge is 0.487 e. The Morgan fingerprint density at radius 2 is 1.92 bits per heavy atom. The molecular formula is C18H17ClN4O. The maximum atomic E-state index is 5.79. The summed E-state index contributed by atoms with van der Waals surface area (Å²) in [6, 6.07) is 12.1. The van der Waals surface area contributed by atoms with Crippen LogP contribution in [0.5, 0.6) is 5.75 Å². The molecule has 0 radical (unpaired) electrons. The molecule has 1 fully saturated rings. The summed E-state index contributed by atoms with van der Waals surface area (Å²) in [6.45, 7) is 1.26. The van der Waals surface area contributed by atoms with Crippen molar-refractivity contribution in [3.05, 3.63) is 70.8 Å². The van der Waals surface area contributed by atoms with Gasteiger partial charge in [-0.25, -0.2) is 0 Å². The van der Waals surface area contributed by atoms with Gasteiger partial charge in [0.15, 0.2) is 5.15 Å². The number of ether oxygens (including phenoxy) is 1. The van der Waals surface area contributed by atoms with Gasteiger partial charge >= 0.3 is 0 Å². The molecule has 1 aliphatic carbocycles. The SMILES string of the molecule is Clc1cc(OCc2ccc(Cn3ccc(C4CC4)n3)cc2)cnn1. The van der Waals surface area contributed by atoms with Crippen LogP contribution in [0.2, 0.25) is 5.15 Å². The molecular weight excluding hydrogens is 324 g/mol. The molecule has 1 aliphatic rings. The Morgan fingerprint density at radius 3 is 2.67 bits per heavy atom. The molecule has 0 bridgehead atoms. The van der Waals surface area contributed by atoms with E-state index < -0.39 is 0 Å². The second-order valence-corrected chi connectivity index (χ2v) is 6.42. The third kappa shape index (κ3) is 3.74. The normalized spacial score (nSPS) is 13.9. The molecule has 6 heteroatoms. The molecule has 0 amide bonds. The minimum atomic E-state index is 0.327. The Labute approximate surface area is 145 Å². The van der Waals surface area contributed by atoms with Crippen molar-refractivity contribution in [1.82, 2.24) is 20.0 Å². The van der Waals surface area contributed by atoms with Crippen LogP contribution in [0.4, 0.5) is 0 Å². The van der Waals surface area contributed by atoms with E-state index in [1.54, 1.807) is 12.3 Å². The van der Waals surface area contributed by atoms with E-state index in [-0.39, 0.29) is 0 Å². The van der Waals surface area contributed by atoms with Gasteiger partial charge in [-0.1, -0.05) is 35.9 Å². The van der Waals surface area contributed by atoms with Crippen molar-refractivity contribution in [2.75, 3.05) is 0 Å². The van der Waals surface area contributed by atoms with Crippen molar-refractivity contribution in [1.29, 1.82) is 0 Å². The van der Waals surface area contributed by atoms with Crippen LogP contribution >= 0.6 is 11.6 Å². The Bertz CT molecular complexity index is 827. The molecule has 2 heterocycles. The maximum Gasteiger partial charge on any atom is 0.155 e. The molecule has 1 aromatic carbocycles. The first-order valence-electron chi connectivity index (χ1n) is 7.98. The van der Waals surface area contributed by atoms with E-state index in [1.165, 1.54) is 24.1 Å². The lowest BCUT2D eigenvalue weighted by Gasteiger charge is -2.07. The Hall–Kier alpha value is -2.40. The van der Waals surface area contributed by atoms with Crippen molar-refractivity contribution >= 4 is 11.6 Å². The van der Waals surface area contributed by atoms with E-state index in [0.717, 1.165) is 12.1 Å². The van der Waals surface area contributed by atoms with Gasteiger partial charge in [0.05, 0.1) is 18.4 Å². The third-order valence-electron chi connectivity index (χ3n) is 4.03. The zero-order valence-electron chi connectivity index (χ0n) is 13.1. The highest BCUT2D eigenvalue weighted by Crippen LogP contribution is 2.38. The van der Waals surface area contributed by atoms with Crippen LogP contribution in [0.3, 0.4) is 0 Å². The van der Waals surface area contributed by atoms with E-state index in [1.807, 2.05) is 4.68 Å². The first kappa shape index (κ1) is 15.1. The molecule has 1 saturated carbocycles. The molecule has 0 saturated heterocycles. The van der Waals surface area contributed by atoms with Gasteiger partial charge < -0.3 is 4.74 Å². The first-order valence-corrected chi connectivity index (χ1v) is 8.36. The second kappa shape index (κ2) is 6.61. The predicted molar refractivity (Wildman–Crippen MR) is 91.1 cm³/mol. The first-order chi connectivity index (χ1) is 11.8. The molecule has 24 heavy (non-hydrogen) atoms. The highest BCUT2D eigenvalue weighted by atomic mass is 35.5. The number of benzene rings is 1. The average molecular weight is 341 g/mol. The van der Waals surface area contributed by atoms with Crippen molar-refractivity contribution in [2.45, 2.75) is 31.9 Å². The fourth-order valence-corrected chi connectivity index (χ4v) is 2.71. The smallest absolute Gasteiger partial charge is 0.155 e. The van der Waals surface area contributed by atoms with Gasteiger partial charge in [0.1, 0.15) is 12.4 Å². The number of hydrogen-bond acceptors (Lipinski definition) is 4. The molecule has 0 N–H and O–H groups in total. The fraction of sp³-hybridized carbons (Fsp3) is 0.278. The van der Waals surface area contributed by atoms with E-state index in [4.69, 9.17) is 16.3 Å². The van der Waals surface area contributed by atoms with E-state index in [9.17, 15) is 0 Å². The zero-order chi connectivity index (χ0) is 16.4. The van der Waals surface area contributed by atoms with Crippen LogP contribution in [0.25, 0.3) is 0 Å². The van der Waals surface area contributed by atoms with Gasteiger partial charge in [-0.3, -0.25) is 4.68 Å². The van der Waals surface area contributed by atoms with Gasteiger partial charge in [0.25, 0.3) is 0 Å². The number of rotatable bonds is 6. The number of hydrogen-bond donors (Lipinski definition) is 0. The Morgan fingerprint density at radius 1 is 1.12 bits per heavy atom. The molecule has 3 aromatic rings. The highest BCUT2D eigenvalue weighted by molar-refractivity contribution is 6.29. The van der Waals surface area contributed by atoms with Gasteiger partial charge in [-0.05, 0) is 30.0 Å². The van der Waals surface area contributed by atoms with E-state index in [2.05, 4.69) is 51.8 Å². The van der Waals surface area contributed by atoms with E-state index in [0.29, 0.717) is 23.4 Å². The summed E-state index contributed by atoms with van der Waals surface area (Å²) < 4.78 is 7.67. The van der Waals surface area contributed by atoms with Crippen molar-refractivity contribution in [3.63, 3.8) is 0 Å². The quantitative estimate of drug-likeness (QED) is 0.684. The van der Waals surface area contributed by atoms with Crippen LogP contribution in [-0.2, 0) is 13.2 Å². The topological polar surface area (TPSA) is 52.8 Å². The van der Waals surface area contributed by atoms with Gasteiger partial charge in [-0.2, -0.15) is 10.2 Å². The van der Waals surface area contributed by atoms with Crippen LogP contribution in [0.1, 0.15) is 35.6 Å². The number of nitrogens with zero attached hydrogens (tertiary/aromatic N) is 4. The van der Waals surface area contributed by atoms with Crippen LogP contribution in [-0.4, -0.2) is 20.0 Å². The lowest BCUT2D eigenvalue weighted by molar-refractivity contribution is 0.304. The number of halogens is 1. The summed E-state index contributed by atoms with van der Waals surface area (Å²) in [5.74, 6) is 1.31. The summed E-state index contributed by atoms with van der Waals surface area (Å²) in [7, 11) is 0. The Kier molecular flexibility index (Phi) is 4.17. The van der Waals surface area contributed by atoms with Gasteiger partial charge in [0.2, 0.25) is 0 Å². The van der Waals surface area contributed by atoms with Crippen LogP contribution in [0.15, 0.2) is 48.8 Å². The lowest BCUT2D eigenvalue weighted by atomic mass is 10.1. The summed E-state index contributed by atoms with van der Waals surface area (Å²) in [5.41, 5.74) is 3.54. The third-order valence-corrected chi connectivity index (χ3v) is 4.21. The van der Waals surface area contributed by atoms with Crippen molar-refractivity contribution in [2.24, 2.45) is 0 Å².